The lowest BCUT2D eigenvalue weighted by molar-refractivity contribution is 0.661. The van der Waals surface area contributed by atoms with Gasteiger partial charge in [0.15, 0.2) is 0 Å². The molecule has 0 spiro atoms. The average Bonchev–Trinajstić information content (AvgIpc) is 3.39. The van der Waals surface area contributed by atoms with Crippen molar-refractivity contribution < 1.29 is 0 Å². The molecule has 8 aromatic rings. The van der Waals surface area contributed by atoms with Gasteiger partial charge in [-0.15, -0.1) is 0 Å². The molecule has 1 aromatic heterocycles. The van der Waals surface area contributed by atoms with Gasteiger partial charge in [-0.3, -0.25) is 4.99 Å². The quantitative estimate of drug-likeness (QED) is 0.117. The third-order valence-electron chi connectivity index (χ3n) is 10.3. The number of rotatable bonds is 5. The van der Waals surface area contributed by atoms with Gasteiger partial charge < -0.3 is 5.73 Å². The van der Waals surface area contributed by atoms with Gasteiger partial charge in [0.1, 0.15) is 5.84 Å². The molecule has 1 aliphatic carbocycles. The number of nitrogens with two attached hydrogens (primary N) is 1. The van der Waals surface area contributed by atoms with Crippen LogP contribution in [0.2, 0.25) is 0 Å². The van der Waals surface area contributed by atoms with Crippen LogP contribution in [0.5, 0.6) is 0 Å². The van der Waals surface area contributed by atoms with Gasteiger partial charge in [-0.1, -0.05) is 135 Å². The van der Waals surface area contributed by atoms with Crippen molar-refractivity contribution >= 4 is 38.3 Å². The molecule has 0 atom stereocenters. The Kier molecular flexibility index (Phi) is 6.70. The first-order valence-corrected chi connectivity index (χ1v) is 16.9. The van der Waals surface area contributed by atoms with Gasteiger partial charge in [0.25, 0.3) is 0 Å². The lowest BCUT2D eigenvalue weighted by Crippen LogP contribution is -2.15. The number of nitrogens with zero attached hydrogens (tertiary/aromatic N) is 2. The molecule has 0 saturated carbocycles. The van der Waals surface area contributed by atoms with Crippen molar-refractivity contribution in [2.24, 2.45) is 10.7 Å². The van der Waals surface area contributed by atoms with Crippen molar-refractivity contribution in [3.8, 4) is 33.5 Å². The largest absolute Gasteiger partial charge is 0.383 e. The minimum absolute atomic E-state index is 0.141. The summed E-state index contributed by atoms with van der Waals surface area (Å²) in [5.41, 5.74) is 19.2. The van der Waals surface area contributed by atoms with Crippen molar-refractivity contribution in [2.45, 2.75) is 25.8 Å². The predicted molar refractivity (Wildman–Crippen MR) is 206 cm³/mol. The van der Waals surface area contributed by atoms with Crippen LogP contribution in [0, 0.1) is 0 Å². The van der Waals surface area contributed by atoms with Crippen LogP contribution in [0.25, 0.3) is 66.0 Å². The van der Waals surface area contributed by atoms with Crippen molar-refractivity contribution in [3.05, 3.63) is 174 Å². The zero-order chi connectivity index (χ0) is 33.1. The Morgan fingerprint density at radius 1 is 0.592 bits per heavy atom. The molecule has 3 nitrogen and oxygen atoms in total. The first-order valence-electron chi connectivity index (χ1n) is 16.9. The zero-order valence-electron chi connectivity index (χ0n) is 27.6. The highest BCUT2D eigenvalue weighted by Gasteiger charge is 2.36. The maximum Gasteiger partial charge on any atom is 0.125 e. The molecule has 0 bridgehead atoms. The maximum absolute atomic E-state index is 6.81. The van der Waals surface area contributed by atoms with Crippen LogP contribution in [0.4, 0.5) is 0 Å². The van der Waals surface area contributed by atoms with Gasteiger partial charge in [-0.2, -0.15) is 0 Å². The molecule has 0 radical (unpaired) electrons. The molecular weight excluding hydrogens is 595 g/mol. The van der Waals surface area contributed by atoms with Crippen molar-refractivity contribution in [3.63, 3.8) is 0 Å². The highest BCUT2D eigenvalue weighted by atomic mass is 14.8. The molecule has 3 heteroatoms. The number of para-hydroxylation sites is 1. The number of benzene rings is 7. The average molecular weight is 630 g/mol. The van der Waals surface area contributed by atoms with E-state index in [2.05, 4.69) is 147 Å². The molecule has 0 unspecified atom stereocenters. The van der Waals surface area contributed by atoms with Crippen LogP contribution >= 0.6 is 0 Å². The van der Waals surface area contributed by atoms with E-state index in [0.29, 0.717) is 12.4 Å². The first kappa shape index (κ1) is 29.1. The molecule has 7 aromatic carbocycles. The van der Waals surface area contributed by atoms with Crippen LogP contribution in [0.15, 0.2) is 157 Å². The third kappa shape index (κ3) is 4.81. The van der Waals surface area contributed by atoms with Crippen molar-refractivity contribution in [1.82, 2.24) is 4.98 Å². The summed E-state index contributed by atoms with van der Waals surface area (Å²) in [6, 6.07) is 54.0. The summed E-state index contributed by atoms with van der Waals surface area (Å²) < 4.78 is 0. The highest BCUT2D eigenvalue weighted by Crippen LogP contribution is 2.52. The van der Waals surface area contributed by atoms with Crippen LogP contribution < -0.4 is 5.73 Å². The van der Waals surface area contributed by atoms with Crippen LogP contribution in [0.3, 0.4) is 0 Å². The number of hydrogen-bond donors (Lipinski definition) is 1. The van der Waals surface area contributed by atoms with Crippen molar-refractivity contribution in [1.29, 1.82) is 0 Å². The summed E-state index contributed by atoms with van der Waals surface area (Å²) in [6.07, 6.45) is 0. The van der Waals surface area contributed by atoms with E-state index < -0.39 is 0 Å². The number of hydrogen-bond acceptors (Lipinski definition) is 2. The van der Waals surface area contributed by atoms with Gasteiger partial charge in [0, 0.05) is 27.3 Å². The van der Waals surface area contributed by atoms with Gasteiger partial charge in [-0.05, 0) is 85.4 Å². The fourth-order valence-corrected chi connectivity index (χ4v) is 7.74. The van der Waals surface area contributed by atoms with Gasteiger partial charge >= 0.3 is 0 Å². The molecule has 0 aliphatic heterocycles. The SMILES string of the molecule is CC1(C)c2cc(-c3cc(C(N)=NCc4ccccc4)cc(-c4nc5ccccc5c5ccccc45)c3)ccc2-c2c1ccc1ccccc21. The van der Waals surface area contributed by atoms with Gasteiger partial charge in [0.2, 0.25) is 0 Å². The van der Waals surface area contributed by atoms with E-state index in [4.69, 9.17) is 15.7 Å². The van der Waals surface area contributed by atoms with E-state index in [1.807, 2.05) is 18.2 Å². The lowest BCUT2D eigenvalue weighted by Gasteiger charge is -2.22. The molecule has 0 amide bonds. The van der Waals surface area contributed by atoms with Crippen LogP contribution in [-0.4, -0.2) is 10.8 Å². The number of amidine groups is 1. The van der Waals surface area contributed by atoms with Crippen molar-refractivity contribution in [2.75, 3.05) is 0 Å². The summed E-state index contributed by atoms with van der Waals surface area (Å²) >= 11 is 0. The third-order valence-corrected chi connectivity index (χ3v) is 10.3. The molecule has 2 N–H and O–H groups in total. The van der Waals surface area contributed by atoms with Crippen LogP contribution in [-0.2, 0) is 12.0 Å². The predicted octanol–water partition coefficient (Wildman–Crippen LogP) is 11.1. The minimum atomic E-state index is -0.141. The van der Waals surface area contributed by atoms with E-state index in [9.17, 15) is 0 Å². The standard InChI is InChI=1S/C46H35N3/c1-46(2)40-23-21-30-14-6-7-15-35(30)43(40)39-22-20-31(27-41(39)46)32-24-33(26-34(25-32)45(47)48-28-29-12-4-3-5-13-29)44-38-18-9-8-16-36(38)37-17-10-11-19-42(37)49-44/h3-27H,28H2,1-2H3,(H2,47,48). The Bertz CT molecular complexity index is 2610. The summed E-state index contributed by atoms with van der Waals surface area (Å²) in [4.78, 5) is 10.1. The number of pyridine rings is 1. The zero-order valence-corrected chi connectivity index (χ0v) is 27.6. The maximum atomic E-state index is 6.81. The minimum Gasteiger partial charge on any atom is -0.383 e. The van der Waals surface area contributed by atoms with E-state index in [0.717, 1.165) is 49.8 Å². The number of fused-ring (bicyclic) bond motifs is 8. The topological polar surface area (TPSA) is 51.3 Å². The monoisotopic (exact) mass is 629 g/mol. The smallest absolute Gasteiger partial charge is 0.125 e. The summed E-state index contributed by atoms with van der Waals surface area (Å²) in [6.45, 7) is 5.21. The summed E-state index contributed by atoms with van der Waals surface area (Å²) in [7, 11) is 0. The first-order chi connectivity index (χ1) is 24.0. The van der Waals surface area contributed by atoms with E-state index in [1.165, 1.54) is 38.4 Å². The Balaban J connectivity index is 1.24. The molecule has 49 heavy (non-hydrogen) atoms. The number of aromatic nitrogens is 1. The second-order valence-electron chi connectivity index (χ2n) is 13.6. The van der Waals surface area contributed by atoms with E-state index in [-0.39, 0.29) is 5.41 Å². The molecule has 234 valence electrons. The second-order valence-corrected chi connectivity index (χ2v) is 13.6. The Morgan fingerprint density at radius 3 is 2.12 bits per heavy atom. The lowest BCUT2D eigenvalue weighted by atomic mass is 9.81. The fraction of sp³-hybridized carbons (Fsp3) is 0.0870. The molecule has 1 aliphatic rings. The summed E-state index contributed by atoms with van der Waals surface area (Å²) in [5, 5.41) is 6.02. The Morgan fingerprint density at radius 2 is 1.29 bits per heavy atom. The molecular formula is C46H35N3. The van der Waals surface area contributed by atoms with Crippen LogP contribution in [0.1, 0.15) is 36.1 Å². The molecule has 0 saturated heterocycles. The fourth-order valence-electron chi connectivity index (χ4n) is 7.74. The van der Waals surface area contributed by atoms with E-state index in [1.54, 1.807) is 0 Å². The normalized spacial score (nSPS) is 13.6. The molecule has 0 fully saturated rings. The summed E-state index contributed by atoms with van der Waals surface area (Å²) in [5.74, 6) is 0.511. The Labute approximate surface area is 286 Å². The second kappa shape index (κ2) is 11.3. The Hall–Kier alpha value is -6.06. The van der Waals surface area contributed by atoms with E-state index >= 15 is 0 Å². The molecule has 1 heterocycles. The number of aliphatic imine (C=N–C) groups is 1. The highest BCUT2D eigenvalue weighted by molar-refractivity contribution is 6.11. The molecule has 9 rings (SSSR count). The van der Waals surface area contributed by atoms with Gasteiger partial charge in [-0.25, -0.2) is 4.98 Å². The van der Waals surface area contributed by atoms with Gasteiger partial charge in [0.05, 0.1) is 17.8 Å².